The molecule has 0 aromatic heterocycles. The van der Waals surface area contributed by atoms with Gasteiger partial charge in [-0.2, -0.15) is 0 Å². The fraction of sp³-hybridized carbons (Fsp3) is 0.750. The number of esters is 3. The summed E-state index contributed by atoms with van der Waals surface area (Å²) in [6, 6.07) is -0.450. The zero-order valence-corrected chi connectivity index (χ0v) is 11.3. The first kappa shape index (κ1) is 15.4. The molecule has 7 heteroatoms. The molecule has 2 N–H and O–H groups in total. The van der Waals surface area contributed by atoms with Gasteiger partial charge in [0.05, 0.1) is 6.61 Å². The van der Waals surface area contributed by atoms with Crippen molar-refractivity contribution in [2.24, 2.45) is 11.7 Å². The van der Waals surface area contributed by atoms with Crippen molar-refractivity contribution in [2.45, 2.75) is 45.4 Å². The highest BCUT2D eigenvalue weighted by Gasteiger charge is 2.46. The molecule has 1 rings (SSSR count). The number of carbonyl (C=O) groups is 3. The zero-order valence-electron chi connectivity index (χ0n) is 11.3. The molecule has 0 bridgehead atoms. The molecule has 0 saturated heterocycles. The number of carbonyl (C=O) groups excluding carboxylic acids is 3. The van der Waals surface area contributed by atoms with Gasteiger partial charge in [-0.1, -0.05) is 0 Å². The number of hydrogen-bond donors (Lipinski definition) is 1. The summed E-state index contributed by atoms with van der Waals surface area (Å²) >= 11 is 0. The lowest BCUT2D eigenvalue weighted by atomic mass is 10.1. The zero-order chi connectivity index (χ0) is 14.6. The Morgan fingerprint density at radius 1 is 1.00 bits per heavy atom. The molecule has 1 aliphatic rings. The van der Waals surface area contributed by atoms with Gasteiger partial charge in [-0.05, 0) is 6.42 Å². The second-order valence-corrected chi connectivity index (χ2v) is 4.61. The lowest BCUT2D eigenvalue weighted by molar-refractivity contribution is -0.167. The Kier molecular flexibility index (Phi) is 5.29. The minimum atomic E-state index is -0.707. The largest absolute Gasteiger partial charge is 0.465 e. The average Bonchev–Trinajstić information content (AvgIpc) is 2.53. The maximum atomic E-state index is 11.1. The Labute approximate surface area is 111 Å². The maximum Gasteiger partial charge on any atom is 0.303 e. The highest BCUT2D eigenvalue weighted by Crippen LogP contribution is 2.31. The van der Waals surface area contributed by atoms with E-state index in [0.29, 0.717) is 6.42 Å². The van der Waals surface area contributed by atoms with Gasteiger partial charge in [0.15, 0.2) is 6.10 Å². The van der Waals surface area contributed by atoms with E-state index >= 15 is 0 Å². The van der Waals surface area contributed by atoms with Crippen LogP contribution in [0.5, 0.6) is 0 Å². The van der Waals surface area contributed by atoms with Crippen molar-refractivity contribution in [3.63, 3.8) is 0 Å². The molecule has 0 aromatic rings. The molecule has 0 aromatic carbocycles. The third-order valence-corrected chi connectivity index (χ3v) is 2.89. The van der Waals surface area contributed by atoms with Crippen LogP contribution in [0.25, 0.3) is 0 Å². The van der Waals surface area contributed by atoms with Crippen LogP contribution in [0.1, 0.15) is 27.2 Å². The van der Waals surface area contributed by atoms with Crippen LogP contribution in [0.2, 0.25) is 0 Å². The van der Waals surface area contributed by atoms with E-state index in [1.807, 2.05) is 0 Å². The predicted octanol–water partition coefficient (Wildman–Crippen LogP) is -0.240. The summed E-state index contributed by atoms with van der Waals surface area (Å²) in [7, 11) is 0. The normalized spacial score (nSPS) is 29.7. The van der Waals surface area contributed by atoms with Crippen LogP contribution < -0.4 is 5.73 Å². The van der Waals surface area contributed by atoms with Crippen LogP contribution in [-0.2, 0) is 28.6 Å². The lowest BCUT2D eigenvalue weighted by Crippen LogP contribution is -2.42. The van der Waals surface area contributed by atoms with E-state index in [4.69, 9.17) is 19.9 Å². The van der Waals surface area contributed by atoms with Gasteiger partial charge in [0.1, 0.15) is 6.10 Å². The summed E-state index contributed by atoms with van der Waals surface area (Å²) in [5.74, 6) is -1.69. The van der Waals surface area contributed by atoms with E-state index < -0.39 is 36.2 Å². The molecule has 0 spiro atoms. The van der Waals surface area contributed by atoms with Gasteiger partial charge in [0.25, 0.3) is 0 Å². The van der Waals surface area contributed by atoms with Crippen molar-refractivity contribution in [3.05, 3.63) is 0 Å². The van der Waals surface area contributed by atoms with Crippen molar-refractivity contribution in [3.8, 4) is 0 Å². The molecule has 0 unspecified atom stereocenters. The fourth-order valence-corrected chi connectivity index (χ4v) is 2.22. The van der Waals surface area contributed by atoms with Crippen LogP contribution in [0.4, 0.5) is 0 Å². The monoisotopic (exact) mass is 273 g/mol. The molecular formula is C12H19NO6. The first-order valence-corrected chi connectivity index (χ1v) is 6.04. The van der Waals surface area contributed by atoms with Gasteiger partial charge < -0.3 is 19.9 Å². The molecule has 0 heterocycles. The van der Waals surface area contributed by atoms with Gasteiger partial charge in [0.2, 0.25) is 0 Å². The smallest absolute Gasteiger partial charge is 0.303 e. The Morgan fingerprint density at radius 3 is 2.00 bits per heavy atom. The van der Waals surface area contributed by atoms with Crippen LogP contribution in [0.3, 0.4) is 0 Å². The molecular weight excluding hydrogens is 254 g/mol. The lowest BCUT2D eigenvalue weighted by Gasteiger charge is -2.24. The first-order chi connectivity index (χ1) is 8.81. The number of ether oxygens (including phenoxy) is 3. The van der Waals surface area contributed by atoms with E-state index in [2.05, 4.69) is 0 Å². The van der Waals surface area contributed by atoms with Crippen molar-refractivity contribution in [2.75, 3.05) is 6.61 Å². The van der Waals surface area contributed by atoms with E-state index in [1.165, 1.54) is 20.8 Å². The standard InChI is InChI=1S/C12H19NO6/c1-6(14)17-5-9-4-10(13)12(19-8(3)16)11(9)18-7(2)15/h9-12H,4-5,13H2,1-3H3/t9-,10-,11-,12-/m0/s1. The fourth-order valence-electron chi connectivity index (χ4n) is 2.22. The summed E-state index contributed by atoms with van der Waals surface area (Å²) in [5, 5.41) is 0. The van der Waals surface area contributed by atoms with Crippen molar-refractivity contribution in [1.82, 2.24) is 0 Å². The Balaban J connectivity index is 2.76. The van der Waals surface area contributed by atoms with Crippen LogP contribution in [0.15, 0.2) is 0 Å². The highest BCUT2D eigenvalue weighted by molar-refractivity contribution is 5.68. The first-order valence-electron chi connectivity index (χ1n) is 6.04. The molecule has 108 valence electrons. The number of nitrogens with two attached hydrogens (primary N) is 1. The third kappa shape index (κ3) is 4.51. The molecule has 0 radical (unpaired) electrons. The third-order valence-electron chi connectivity index (χ3n) is 2.89. The average molecular weight is 273 g/mol. The van der Waals surface area contributed by atoms with Gasteiger partial charge >= 0.3 is 17.9 Å². The summed E-state index contributed by atoms with van der Waals surface area (Å²) in [6.07, 6.45) is -0.943. The molecule has 4 atom stereocenters. The summed E-state index contributed by atoms with van der Waals surface area (Å²) in [4.78, 5) is 33.0. The van der Waals surface area contributed by atoms with Gasteiger partial charge in [-0.15, -0.1) is 0 Å². The summed E-state index contributed by atoms with van der Waals surface area (Å²) < 4.78 is 15.2. The molecule has 1 aliphatic carbocycles. The minimum Gasteiger partial charge on any atom is -0.465 e. The molecule has 0 amide bonds. The van der Waals surface area contributed by atoms with Crippen LogP contribution in [-0.4, -0.2) is 42.8 Å². The second-order valence-electron chi connectivity index (χ2n) is 4.61. The van der Waals surface area contributed by atoms with E-state index in [0.717, 1.165) is 0 Å². The quantitative estimate of drug-likeness (QED) is 0.556. The van der Waals surface area contributed by atoms with E-state index in [-0.39, 0.29) is 12.5 Å². The van der Waals surface area contributed by atoms with E-state index in [1.54, 1.807) is 0 Å². The summed E-state index contributed by atoms with van der Waals surface area (Å²) in [6.45, 7) is 3.90. The molecule has 1 saturated carbocycles. The van der Waals surface area contributed by atoms with Gasteiger partial charge in [-0.3, -0.25) is 14.4 Å². The van der Waals surface area contributed by atoms with Crippen LogP contribution >= 0.6 is 0 Å². The highest BCUT2D eigenvalue weighted by atomic mass is 16.6. The second kappa shape index (κ2) is 6.51. The van der Waals surface area contributed by atoms with E-state index in [9.17, 15) is 14.4 Å². The van der Waals surface area contributed by atoms with Gasteiger partial charge in [0, 0.05) is 32.7 Å². The SMILES string of the molecule is CC(=O)OC[C@@H]1C[C@H](N)[C@H](OC(C)=O)[C@H]1OC(C)=O. The number of hydrogen-bond acceptors (Lipinski definition) is 7. The topological polar surface area (TPSA) is 105 Å². The van der Waals surface area contributed by atoms with Gasteiger partial charge in [-0.25, -0.2) is 0 Å². The Bertz CT molecular complexity index is 369. The molecule has 1 fully saturated rings. The van der Waals surface area contributed by atoms with Crippen molar-refractivity contribution in [1.29, 1.82) is 0 Å². The van der Waals surface area contributed by atoms with Crippen molar-refractivity contribution < 1.29 is 28.6 Å². The molecule has 19 heavy (non-hydrogen) atoms. The molecule has 7 nitrogen and oxygen atoms in total. The van der Waals surface area contributed by atoms with Crippen molar-refractivity contribution >= 4 is 17.9 Å². The maximum absolute atomic E-state index is 11.1. The predicted molar refractivity (Wildman–Crippen MR) is 63.8 cm³/mol. The van der Waals surface area contributed by atoms with Crippen LogP contribution in [0, 0.1) is 5.92 Å². The summed E-state index contributed by atoms with van der Waals surface area (Å²) in [5.41, 5.74) is 5.88. The minimum absolute atomic E-state index is 0.0821. The molecule has 0 aliphatic heterocycles. The Hall–Kier alpha value is -1.63. The number of rotatable bonds is 4. The Morgan fingerprint density at radius 2 is 1.53 bits per heavy atom.